The van der Waals surface area contributed by atoms with Crippen LogP contribution < -0.4 is 5.73 Å². The number of rotatable bonds is 3. The lowest BCUT2D eigenvalue weighted by atomic mass is 10.0. The molecule has 0 spiro atoms. The lowest BCUT2D eigenvalue weighted by Crippen LogP contribution is -2.39. The Kier molecular flexibility index (Phi) is 7.48. The van der Waals surface area contributed by atoms with Gasteiger partial charge in [-0.15, -0.1) is 5.10 Å². The predicted octanol–water partition coefficient (Wildman–Crippen LogP) is 2.29. The predicted molar refractivity (Wildman–Crippen MR) is 96.9 cm³/mol. The molecule has 12 heteroatoms. The number of nitrogens with zero attached hydrogens (tertiary/aromatic N) is 4. The number of aryl methyl sites for hydroxylation is 1. The molecule has 0 radical (unpaired) electrons. The molecular formula is C18H21F4N5O3. The third-order valence-electron chi connectivity index (χ3n) is 4.55. The Morgan fingerprint density at radius 2 is 1.87 bits per heavy atom. The number of halogens is 4. The van der Waals surface area contributed by atoms with Gasteiger partial charge in [-0.2, -0.15) is 13.2 Å². The smallest absolute Gasteiger partial charge is 0.475 e. The minimum Gasteiger partial charge on any atom is -0.475 e. The molecule has 8 nitrogen and oxygen atoms in total. The Morgan fingerprint density at radius 3 is 2.33 bits per heavy atom. The molecule has 1 aromatic carbocycles. The highest BCUT2D eigenvalue weighted by molar-refractivity contribution is 5.94. The Bertz CT molecular complexity index is 892. The minimum atomic E-state index is -5.08. The van der Waals surface area contributed by atoms with Gasteiger partial charge >= 0.3 is 12.1 Å². The molecule has 30 heavy (non-hydrogen) atoms. The molecule has 1 aliphatic heterocycles. The zero-order valence-corrected chi connectivity index (χ0v) is 16.1. The Balaban J connectivity index is 0.000000396. The van der Waals surface area contributed by atoms with Gasteiger partial charge < -0.3 is 15.7 Å². The van der Waals surface area contributed by atoms with E-state index in [0.717, 1.165) is 18.5 Å². The quantitative estimate of drug-likeness (QED) is 0.721. The van der Waals surface area contributed by atoms with E-state index in [1.807, 2.05) is 10.9 Å². The van der Waals surface area contributed by atoms with E-state index < -0.39 is 12.1 Å². The first-order chi connectivity index (χ1) is 14.0. The number of carbonyl (C=O) groups is 2. The molecule has 2 aromatic rings. The van der Waals surface area contributed by atoms with Crippen molar-refractivity contribution in [3.63, 3.8) is 0 Å². The largest absolute Gasteiger partial charge is 0.490 e. The van der Waals surface area contributed by atoms with E-state index in [2.05, 4.69) is 10.3 Å². The number of alkyl halides is 3. The fourth-order valence-electron chi connectivity index (χ4n) is 2.83. The second-order valence-corrected chi connectivity index (χ2v) is 6.68. The SMILES string of the molecule is Cc1ccc(C(=O)N2CCC(n3cc(CN)nn3)CC2)cc1F.O=C(O)C(F)(F)F. The van der Waals surface area contributed by atoms with Crippen LogP contribution in [0.1, 0.15) is 40.5 Å². The maximum Gasteiger partial charge on any atom is 0.490 e. The molecule has 1 aliphatic rings. The summed E-state index contributed by atoms with van der Waals surface area (Å²) in [6.07, 6.45) is -1.63. The summed E-state index contributed by atoms with van der Waals surface area (Å²) in [5.41, 5.74) is 7.25. The Hall–Kier alpha value is -3.02. The number of nitrogens with two attached hydrogens (primary N) is 1. The summed E-state index contributed by atoms with van der Waals surface area (Å²) in [4.78, 5) is 23.1. The van der Waals surface area contributed by atoms with Crippen molar-refractivity contribution in [3.8, 4) is 0 Å². The van der Waals surface area contributed by atoms with Crippen molar-refractivity contribution in [2.45, 2.75) is 38.5 Å². The van der Waals surface area contributed by atoms with Crippen LogP contribution in [-0.4, -0.2) is 56.1 Å². The van der Waals surface area contributed by atoms with Crippen LogP contribution in [0.15, 0.2) is 24.4 Å². The topological polar surface area (TPSA) is 114 Å². The van der Waals surface area contributed by atoms with Gasteiger partial charge in [-0.05, 0) is 37.5 Å². The number of carboxylic acids is 1. The Morgan fingerprint density at radius 1 is 1.27 bits per heavy atom. The number of carbonyl (C=O) groups excluding carboxylic acids is 1. The highest BCUT2D eigenvalue weighted by Gasteiger charge is 2.38. The van der Waals surface area contributed by atoms with Gasteiger partial charge in [-0.1, -0.05) is 11.3 Å². The van der Waals surface area contributed by atoms with E-state index in [1.54, 1.807) is 24.0 Å². The summed E-state index contributed by atoms with van der Waals surface area (Å²) < 4.78 is 47.2. The highest BCUT2D eigenvalue weighted by Crippen LogP contribution is 2.23. The summed E-state index contributed by atoms with van der Waals surface area (Å²) in [5, 5.41) is 15.2. The first kappa shape index (κ1) is 23.3. The summed E-state index contributed by atoms with van der Waals surface area (Å²) in [7, 11) is 0. The summed E-state index contributed by atoms with van der Waals surface area (Å²) in [5.74, 6) is -3.22. The maximum atomic E-state index is 13.6. The third kappa shape index (κ3) is 5.99. The van der Waals surface area contributed by atoms with Crippen LogP contribution in [0.4, 0.5) is 17.6 Å². The van der Waals surface area contributed by atoms with Gasteiger partial charge in [0, 0.05) is 25.2 Å². The van der Waals surface area contributed by atoms with Crippen molar-refractivity contribution in [1.82, 2.24) is 19.9 Å². The van der Waals surface area contributed by atoms with Crippen LogP contribution in [0, 0.1) is 12.7 Å². The van der Waals surface area contributed by atoms with Crippen molar-refractivity contribution in [1.29, 1.82) is 0 Å². The van der Waals surface area contributed by atoms with Gasteiger partial charge in [0.2, 0.25) is 0 Å². The van der Waals surface area contributed by atoms with E-state index >= 15 is 0 Å². The van der Waals surface area contributed by atoms with Crippen LogP contribution >= 0.6 is 0 Å². The second kappa shape index (κ2) is 9.65. The average molecular weight is 431 g/mol. The molecule has 1 saturated heterocycles. The number of aromatic nitrogens is 3. The number of benzene rings is 1. The van der Waals surface area contributed by atoms with Gasteiger partial charge in [0.05, 0.1) is 17.9 Å². The van der Waals surface area contributed by atoms with Crippen molar-refractivity contribution in [2.24, 2.45) is 5.73 Å². The molecule has 0 saturated carbocycles. The van der Waals surface area contributed by atoms with Gasteiger partial charge in [0.1, 0.15) is 5.82 Å². The van der Waals surface area contributed by atoms with E-state index in [-0.39, 0.29) is 17.8 Å². The average Bonchev–Trinajstić information content (AvgIpc) is 3.19. The minimum absolute atomic E-state index is 0.122. The number of amides is 1. The zero-order chi connectivity index (χ0) is 22.5. The lowest BCUT2D eigenvalue weighted by molar-refractivity contribution is -0.192. The molecule has 2 heterocycles. The van der Waals surface area contributed by atoms with Crippen LogP contribution in [0.3, 0.4) is 0 Å². The fourth-order valence-corrected chi connectivity index (χ4v) is 2.83. The van der Waals surface area contributed by atoms with Crippen LogP contribution in [0.5, 0.6) is 0 Å². The summed E-state index contributed by atoms with van der Waals surface area (Å²) in [6.45, 7) is 3.30. The van der Waals surface area contributed by atoms with E-state index in [0.29, 0.717) is 30.8 Å². The zero-order valence-electron chi connectivity index (χ0n) is 16.1. The van der Waals surface area contributed by atoms with Gasteiger partial charge in [-0.25, -0.2) is 13.9 Å². The van der Waals surface area contributed by atoms with E-state index in [1.165, 1.54) is 6.07 Å². The molecule has 0 bridgehead atoms. The van der Waals surface area contributed by atoms with Gasteiger partial charge in [0.15, 0.2) is 0 Å². The first-order valence-electron chi connectivity index (χ1n) is 8.99. The molecule has 1 fully saturated rings. The lowest BCUT2D eigenvalue weighted by Gasteiger charge is -2.32. The number of likely N-dealkylation sites (tertiary alicyclic amines) is 1. The number of piperidine rings is 1. The van der Waals surface area contributed by atoms with E-state index in [4.69, 9.17) is 15.6 Å². The molecule has 3 rings (SSSR count). The van der Waals surface area contributed by atoms with Crippen LogP contribution in [0.25, 0.3) is 0 Å². The molecule has 1 aromatic heterocycles. The second-order valence-electron chi connectivity index (χ2n) is 6.68. The number of carboxylic acid groups (broad SMARTS) is 1. The highest BCUT2D eigenvalue weighted by atomic mass is 19.4. The van der Waals surface area contributed by atoms with Crippen molar-refractivity contribution >= 4 is 11.9 Å². The summed E-state index contributed by atoms with van der Waals surface area (Å²) >= 11 is 0. The number of aliphatic carboxylic acids is 1. The summed E-state index contributed by atoms with van der Waals surface area (Å²) in [6, 6.07) is 4.85. The molecule has 1 amide bonds. The van der Waals surface area contributed by atoms with E-state index in [9.17, 15) is 22.4 Å². The van der Waals surface area contributed by atoms with Crippen molar-refractivity contribution < 1.29 is 32.3 Å². The fraction of sp³-hybridized carbons (Fsp3) is 0.444. The van der Waals surface area contributed by atoms with Crippen LogP contribution in [-0.2, 0) is 11.3 Å². The molecule has 0 unspecified atom stereocenters. The molecule has 0 aliphatic carbocycles. The maximum absolute atomic E-state index is 13.6. The molecule has 0 atom stereocenters. The van der Waals surface area contributed by atoms with Crippen LogP contribution in [0.2, 0.25) is 0 Å². The number of hydrogen-bond donors (Lipinski definition) is 2. The molecule has 164 valence electrons. The molecular weight excluding hydrogens is 410 g/mol. The number of hydrogen-bond acceptors (Lipinski definition) is 5. The standard InChI is InChI=1S/C16H20FN5O.C2HF3O2/c1-11-2-3-12(8-15(11)17)16(23)21-6-4-14(5-7-21)22-10-13(9-18)19-20-22;3-2(4,5)1(6)7/h2-3,8,10,14H,4-7,9,18H2,1H3;(H,6,7). The molecule has 3 N–H and O–H groups in total. The van der Waals surface area contributed by atoms with Gasteiger partial charge in [-0.3, -0.25) is 4.79 Å². The normalized spacial score (nSPS) is 14.8. The third-order valence-corrected chi connectivity index (χ3v) is 4.55. The van der Waals surface area contributed by atoms with Gasteiger partial charge in [0.25, 0.3) is 5.91 Å². The first-order valence-corrected chi connectivity index (χ1v) is 8.99. The monoisotopic (exact) mass is 431 g/mol. The van der Waals surface area contributed by atoms with Crippen molar-refractivity contribution in [3.05, 3.63) is 47.0 Å². The van der Waals surface area contributed by atoms with Crippen molar-refractivity contribution in [2.75, 3.05) is 13.1 Å². The Labute approximate surface area is 169 Å².